The number of rotatable bonds is 2. The lowest BCUT2D eigenvalue weighted by molar-refractivity contribution is 0.192. The molecule has 1 aromatic carbocycles. The van der Waals surface area contributed by atoms with Crippen molar-refractivity contribution < 1.29 is 4.74 Å². The minimum atomic E-state index is -0.0193. The van der Waals surface area contributed by atoms with Gasteiger partial charge in [-0.05, 0) is 41.9 Å². The summed E-state index contributed by atoms with van der Waals surface area (Å²) in [4.78, 5) is 6.83. The number of ether oxygens (including phenoxy) is 1. The van der Waals surface area contributed by atoms with Gasteiger partial charge in [0.2, 0.25) is 0 Å². The monoisotopic (exact) mass is 305 g/mol. The van der Waals surface area contributed by atoms with Crippen molar-refractivity contribution in [3.05, 3.63) is 24.3 Å². The molecule has 4 nitrogen and oxygen atoms in total. The van der Waals surface area contributed by atoms with E-state index in [1.807, 2.05) is 23.9 Å². The normalized spacial score (nSPS) is 27.8. The van der Waals surface area contributed by atoms with Crippen LogP contribution in [0.1, 0.15) is 20.3 Å². The molecule has 21 heavy (non-hydrogen) atoms. The number of hydrogen-bond donors (Lipinski definition) is 1. The van der Waals surface area contributed by atoms with Crippen LogP contribution in [-0.4, -0.2) is 36.7 Å². The lowest BCUT2D eigenvalue weighted by Crippen LogP contribution is -2.63. The Morgan fingerprint density at radius 3 is 2.62 bits per heavy atom. The molecule has 2 heterocycles. The first-order valence-electron chi connectivity index (χ1n) is 7.32. The van der Waals surface area contributed by atoms with Gasteiger partial charge < -0.3 is 15.4 Å². The summed E-state index contributed by atoms with van der Waals surface area (Å²) < 4.78 is 5.25. The van der Waals surface area contributed by atoms with Crippen LogP contribution in [0.25, 0.3) is 0 Å². The van der Waals surface area contributed by atoms with Crippen molar-refractivity contribution in [3.8, 4) is 5.75 Å². The van der Waals surface area contributed by atoms with Gasteiger partial charge >= 0.3 is 0 Å². The maximum atomic E-state index is 6.24. The summed E-state index contributed by atoms with van der Waals surface area (Å²) in [6.45, 7) is 5.47. The number of nitrogens with two attached hydrogens (primary N) is 1. The Morgan fingerprint density at radius 1 is 1.29 bits per heavy atom. The Kier molecular flexibility index (Phi) is 3.56. The van der Waals surface area contributed by atoms with Gasteiger partial charge in [0, 0.05) is 11.4 Å². The van der Waals surface area contributed by atoms with Crippen molar-refractivity contribution in [1.82, 2.24) is 0 Å². The summed E-state index contributed by atoms with van der Waals surface area (Å²) in [6, 6.07) is 8.11. The summed E-state index contributed by atoms with van der Waals surface area (Å²) in [5.41, 5.74) is 7.51. The first-order chi connectivity index (χ1) is 10.00. The molecule has 114 valence electrons. The summed E-state index contributed by atoms with van der Waals surface area (Å²) >= 11 is 2.01. The molecule has 1 spiro atoms. The molecule has 1 unspecified atom stereocenters. The van der Waals surface area contributed by atoms with E-state index in [9.17, 15) is 0 Å². The zero-order valence-corrected chi connectivity index (χ0v) is 13.7. The molecule has 1 aromatic rings. The minimum Gasteiger partial charge on any atom is -0.497 e. The molecule has 1 fully saturated rings. The number of benzene rings is 1. The minimum absolute atomic E-state index is 0.0193. The molecule has 0 radical (unpaired) electrons. The number of nitrogens with zero attached hydrogens (tertiary/aromatic N) is 2. The fourth-order valence-electron chi connectivity index (χ4n) is 3.31. The van der Waals surface area contributed by atoms with E-state index in [0.29, 0.717) is 5.96 Å². The van der Waals surface area contributed by atoms with Crippen molar-refractivity contribution in [2.45, 2.75) is 25.8 Å². The largest absolute Gasteiger partial charge is 0.497 e. The predicted octanol–water partition coefficient (Wildman–Crippen LogP) is 2.73. The summed E-state index contributed by atoms with van der Waals surface area (Å²) in [5.74, 6) is 3.77. The Hall–Kier alpha value is -1.36. The smallest absolute Gasteiger partial charge is 0.196 e. The molecule has 3 rings (SSSR count). The molecule has 2 N–H and O–H groups in total. The molecule has 1 atom stereocenters. The maximum Gasteiger partial charge on any atom is 0.196 e. The standard InChI is InChI=1S/C16H23N3OS/c1-15(2)8-9-21-11-16(15)10-18-14(17)19(16)12-4-6-13(20-3)7-5-12/h4-7H,8-11H2,1-3H3,(H2,17,18). The van der Waals surface area contributed by atoms with E-state index in [4.69, 9.17) is 10.5 Å². The van der Waals surface area contributed by atoms with Gasteiger partial charge in [-0.3, -0.25) is 4.99 Å². The quantitative estimate of drug-likeness (QED) is 0.913. The Labute approximate surface area is 130 Å². The highest BCUT2D eigenvalue weighted by Gasteiger charge is 2.54. The second-order valence-electron chi connectivity index (χ2n) is 6.43. The third kappa shape index (κ3) is 2.18. The van der Waals surface area contributed by atoms with Crippen LogP contribution >= 0.6 is 11.8 Å². The van der Waals surface area contributed by atoms with Gasteiger partial charge in [-0.15, -0.1) is 0 Å². The van der Waals surface area contributed by atoms with Gasteiger partial charge in [0.15, 0.2) is 5.96 Å². The van der Waals surface area contributed by atoms with Crippen molar-refractivity contribution in [2.24, 2.45) is 16.1 Å². The van der Waals surface area contributed by atoms with Gasteiger partial charge in [0.1, 0.15) is 5.75 Å². The second-order valence-corrected chi connectivity index (χ2v) is 7.53. The highest BCUT2D eigenvalue weighted by Crippen LogP contribution is 2.49. The second kappa shape index (κ2) is 5.13. The van der Waals surface area contributed by atoms with E-state index in [-0.39, 0.29) is 11.0 Å². The molecule has 2 aliphatic rings. The van der Waals surface area contributed by atoms with E-state index >= 15 is 0 Å². The van der Waals surface area contributed by atoms with Crippen molar-refractivity contribution >= 4 is 23.4 Å². The van der Waals surface area contributed by atoms with E-state index in [1.54, 1.807) is 7.11 Å². The zero-order valence-electron chi connectivity index (χ0n) is 12.9. The van der Waals surface area contributed by atoms with Gasteiger partial charge in [-0.2, -0.15) is 11.8 Å². The Morgan fingerprint density at radius 2 is 2.00 bits per heavy atom. The van der Waals surface area contributed by atoms with Gasteiger partial charge in [-0.25, -0.2) is 0 Å². The highest BCUT2D eigenvalue weighted by molar-refractivity contribution is 7.99. The number of thioether (sulfide) groups is 1. The number of aliphatic imine (C=N–C) groups is 1. The van der Waals surface area contributed by atoms with Crippen LogP contribution in [0.15, 0.2) is 29.3 Å². The topological polar surface area (TPSA) is 50.9 Å². The molecule has 0 aromatic heterocycles. The maximum absolute atomic E-state index is 6.24. The third-order valence-corrected chi connectivity index (χ3v) is 6.14. The number of methoxy groups -OCH3 is 1. The van der Waals surface area contributed by atoms with E-state index in [1.165, 1.54) is 12.2 Å². The van der Waals surface area contributed by atoms with E-state index < -0.39 is 0 Å². The summed E-state index contributed by atoms with van der Waals surface area (Å²) in [7, 11) is 1.68. The lowest BCUT2D eigenvalue weighted by atomic mass is 9.70. The average molecular weight is 305 g/mol. The molecule has 0 bridgehead atoms. The predicted molar refractivity (Wildman–Crippen MR) is 90.4 cm³/mol. The third-order valence-electron chi connectivity index (χ3n) is 4.96. The molecule has 2 aliphatic heterocycles. The molecular formula is C16H23N3OS. The van der Waals surface area contributed by atoms with Crippen LogP contribution in [0, 0.1) is 5.41 Å². The first-order valence-corrected chi connectivity index (χ1v) is 8.48. The van der Waals surface area contributed by atoms with Crippen LogP contribution in [0.5, 0.6) is 5.75 Å². The molecule has 1 saturated heterocycles. The van der Waals surface area contributed by atoms with Crippen LogP contribution in [-0.2, 0) is 0 Å². The number of guanidine groups is 1. The lowest BCUT2D eigenvalue weighted by Gasteiger charge is -2.52. The van der Waals surface area contributed by atoms with Gasteiger partial charge in [0.25, 0.3) is 0 Å². The Balaban J connectivity index is 2.02. The molecule has 0 amide bonds. The Bertz CT molecular complexity index is 555. The molecule has 0 saturated carbocycles. The van der Waals surface area contributed by atoms with Crippen LogP contribution < -0.4 is 15.4 Å². The van der Waals surface area contributed by atoms with Gasteiger partial charge in [0.05, 0.1) is 19.2 Å². The van der Waals surface area contributed by atoms with E-state index in [2.05, 4.69) is 35.9 Å². The van der Waals surface area contributed by atoms with Crippen molar-refractivity contribution in [1.29, 1.82) is 0 Å². The van der Waals surface area contributed by atoms with E-state index in [0.717, 1.165) is 23.7 Å². The summed E-state index contributed by atoms with van der Waals surface area (Å²) in [5, 5.41) is 0. The number of hydrogen-bond acceptors (Lipinski definition) is 5. The number of anilines is 1. The zero-order chi connectivity index (χ0) is 15.1. The SMILES string of the molecule is COc1ccc(N2C(N)=NCC23CSCCC3(C)C)cc1. The fourth-order valence-corrected chi connectivity index (χ4v) is 5.05. The fraction of sp³-hybridized carbons (Fsp3) is 0.562. The molecule has 0 aliphatic carbocycles. The summed E-state index contributed by atoms with van der Waals surface area (Å²) in [6.07, 6.45) is 1.19. The van der Waals surface area contributed by atoms with Crippen LogP contribution in [0.3, 0.4) is 0 Å². The molecule has 5 heteroatoms. The highest BCUT2D eigenvalue weighted by atomic mass is 32.2. The van der Waals surface area contributed by atoms with Gasteiger partial charge in [-0.1, -0.05) is 13.8 Å². The first kappa shape index (κ1) is 14.6. The van der Waals surface area contributed by atoms with Crippen LogP contribution in [0.4, 0.5) is 5.69 Å². The van der Waals surface area contributed by atoms with Crippen molar-refractivity contribution in [2.75, 3.05) is 30.1 Å². The molecular weight excluding hydrogens is 282 g/mol. The average Bonchev–Trinajstić information content (AvgIpc) is 2.81. The van der Waals surface area contributed by atoms with Crippen molar-refractivity contribution in [3.63, 3.8) is 0 Å². The van der Waals surface area contributed by atoms with Crippen LogP contribution in [0.2, 0.25) is 0 Å².